The summed E-state index contributed by atoms with van der Waals surface area (Å²) in [7, 11) is 0. The molecule has 2 aromatic rings. The molecule has 2 nitrogen and oxygen atoms in total. The molecule has 0 amide bonds. The molecule has 0 spiro atoms. The Morgan fingerprint density at radius 2 is 2.00 bits per heavy atom. The molecule has 1 aromatic heterocycles. The zero-order valence-electron chi connectivity index (χ0n) is 8.74. The van der Waals surface area contributed by atoms with E-state index in [-0.39, 0.29) is 5.78 Å². The van der Waals surface area contributed by atoms with Gasteiger partial charge in [0.2, 0.25) is 0 Å². The number of halogens is 2. The van der Waals surface area contributed by atoms with E-state index >= 15 is 0 Å². The molecule has 0 aliphatic carbocycles. The molecule has 2 N–H and O–H groups in total. The molecule has 88 valence electrons. The van der Waals surface area contributed by atoms with E-state index in [1.807, 2.05) is 18.2 Å². The van der Waals surface area contributed by atoms with E-state index < -0.39 is 0 Å². The average molecular weight is 375 g/mol. The van der Waals surface area contributed by atoms with Gasteiger partial charge in [-0.1, -0.05) is 15.9 Å². The Morgan fingerprint density at radius 1 is 1.24 bits per heavy atom. The number of ketones is 1. The predicted octanol–water partition coefficient (Wildman–Crippen LogP) is 4.28. The number of Topliss-reactive ketones (excluding diaryl/α,β-unsaturated/α-hetero) is 1. The van der Waals surface area contributed by atoms with Crippen molar-refractivity contribution in [2.24, 2.45) is 0 Å². The van der Waals surface area contributed by atoms with Crippen LogP contribution in [0, 0.1) is 0 Å². The van der Waals surface area contributed by atoms with Gasteiger partial charge in [-0.05, 0) is 46.3 Å². The maximum atomic E-state index is 12.1. The summed E-state index contributed by atoms with van der Waals surface area (Å²) in [6, 6.07) is 9.22. The van der Waals surface area contributed by atoms with Crippen molar-refractivity contribution in [2.75, 3.05) is 5.73 Å². The van der Waals surface area contributed by atoms with Crippen molar-refractivity contribution in [2.45, 2.75) is 6.42 Å². The first kappa shape index (κ1) is 12.8. The van der Waals surface area contributed by atoms with Crippen LogP contribution in [0.2, 0.25) is 0 Å². The number of carbonyl (C=O) groups excluding carboxylic acids is 1. The Labute approximate surface area is 120 Å². The topological polar surface area (TPSA) is 43.1 Å². The van der Waals surface area contributed by atoms with Gasteiger partial charge in [0.1, 0.15) is 0 Å². The molecule has 0 radical (unpaired) electrons. The lowest BCUT2D eigenvalue weighted by Gasteiger charge is -2.04. The van der Waals surface area contributed by atoms with Crippen LogP contribution in [0.25, 0.3) is 0 Å². The van der Waals surface area contributed by atoms with Crippen molar-refractivity contribution in [3.8, 4) is 0 Å². The van der Waals surface area contributed by atoms with E-state index in [9.17, 15) is 4.79 Å². The number of nitrogens with two attached hydrogens (primary N) is 1. The Hall–Kier alpha value is -0.650. The van der Waals surface area contributed by atoms with Gasteiger partial charge in [-0.15, -0.1) is 11.3 Å². The van der Waals surface area contributed by atoms with Crippen LogP contribution >= 0.6 is 43.2 Å². The number of benzene rings is 1. The van der Waals surface area contributed by atoms with Gasteiger partial charge in [0.25, 0.3) is 0 Å². The molecule has 1 heterocycles. The van der Waals surface area contributed by atoms with Crippen molar-refractivity contribution in [3.05, 3.63) is 49.0 Å². The highest BCUT2D eigenvalue weighted by molar-refractivity contribution is 9.11. The molecule has 5 heteroatoms. The zero-order valence-corrected chi connectivity index (χ0v) is 12.7. The van der Waals surface area contributed by atoms with Gasteiger partial charge >= 0.3 is 0 Å². The Kier molecular flexibility index (Phi) is 4.01. The van der Waals surface area contributed by atoms with Crippen LogP contribution in [0.15, 0.2) is 38.6 Å². The molecule has 0 atom stereocenters. The maximum absolute atomic E-state index is 12.1. The highest BCUT2D eigenvalue weighted by Crippen LogP contribution is 2.25. The van der Waals surface area contributed by atoms with E-state index in [0.29, 0.717) is 17.7 Å². The quantitative estimate of drug-likeness (QED) is 0.643. The fourth-order valence-corrected chi connectivity index (χ4v) is 3.31. The van der Waals surface area contributed by atoms with Gasteiger partial charge < -0.3 is 5.73 Å². The third-order valence-electron chi connectivity index (χ3n) is 2.28. The van der Waals surface area contributed by atoms with E-state index in [2.05, 4.69) is 31.9 Å². The van der Waals surface area contributed by atoms with E-state index in [4.69, 9.17) is 5.73 Å². The standard InChI is InChI=1S/C12H9Br2NOS/c13-7-1-3-10(15)9(5-7)11(16)6-8-2-4-12(14)17-8/h1-5H,6,15H2. The molecule has 17 heavy (non-hydrogen) atoms. The normalized spacial score (nSPS) is 10.5. The monoisotopic (exact) mass is 373 g/mol. The lowest BCUT2D eigenvalue weighted by Crippen LogP contribution is -2.06. The van der Waals surface area contributed by atoms with Crippen LogP contribution in [0.3, 0.4) is 0 Å². The second-order valence-electron chi connectivity index (χ2n) is 3.54. The lowest BCUT2D eigenvalue weighted by atomic mass is 10.1. The molecule has 0 fully saturated rings. The SMILES string of the molecule is Nc1ccc(Br)cc1C(=O)Cc1ccc(Br)s1. The minimum atomic E-state index is 0.0400. The minimum absolute atomic E-state index is 0.0400. The number of anilines is 1. The smallest absolute Gasteiger partial charge is 0.170 e. The van der Waals surface area contributed by atoms with Crippen molar-refractivity contribution >= 4 is 54.7 Å². The van der Waals surface area contributed by atoms with Crippen molar-refractivity contribution in [3.63, 3.8) is 0 Å². The summed E-state index contributed by atoms with van der Waals surface area (Å²) in [4.78, 5) is 13.1. The summed E-state index contributed by atoms with van der Waals surface area (Å²) in [6.45, 7) is 0. The Bertz CT molecular complexity index is 565. The first-order valence-electron chi connectivity index (χ1n) is 4.88. The van der Waals surface area contributed by atoms with Gasteiger partial charge in [-0.2, -0.15) is 0 Å². The van der Waals surface area contributed by atoms with Crippen molar-refractivity contribution in [1.29, 1.82) is 0 Å². The van der Waals surface area contributed by atoms with Gasteiger partial charge in [-0.25, -0.2) is 0 Å². The van der Waals surface area contributed by atoms with E-state index in [1.54, 1.807) is 23.5 Å². The number of thiophene rings is 1. The van der Waals surface area contributed by atoms with Gasteiger partial charge in [0.15, 0.2) is 5.78 Å². The lowest BCUT2D eigenvalue weighted by molar-refractivity contribution is 0.0994. The van der Waals surface area contributed by atoms with Crippen LogP contribution in [0.4, 0.5) is 5.69 Å². The molecular weight excluding hydrogens is 366 g/mol. The Morgan fingerprint density at radius 3 is 2.65 bits per heavy atom. The van der Waals surface area contributed by atoms with E-state index in [0.717, 1.165) is 13.1 Å². The van der Waals surface area contributed by atoms with Crippen molar-refractivity contribution < 1.29 is 4.79 Å². The second-order valence-corrected chi connectivity index (χ2v) is 7.00. The van der Waals surface area contributed by atoms with Crippen LogP contribution in [-0.2, 0) is 6.42 Å². The summed E-state index contributed by atoms with van der Waals surface area (Å²) in [5, 5.41) is 0. The van der Waals surface area contributed by atoms with Crippen LogP contribution in [0.1, 0.15) is 15.2 Å². The number of hydrogen-bond acceptors (Lipinski definition) is 3. The molecule has 0 aliphatic rings. The summed E-state index contributed by atoms with van der Waals surface area (Å²) < 4.78 is 1.89. The molecule has 0 saturated carbocycles. The highest BCUT2D eigenvalue weighted by atomic mass is 79.9. The van der Waals surface area contributed by atoms with E-state index in [1.165, 1.54) is 0 Å². The summed E-state index contributed by atoms with van der Waals surface area (Å²) in [5.41, 5.74) is 6.90. The minimum Gasteiger partial charge on any atom is -0.398 e. The second kappa shape index (κ2) is 5.33. The van der Waals surface area contributed by atoms with Gasteiger partial charge in [0.05, 0.1) is 3.79 Å². The fourth-order valence-electron chi connectivity index (χ4n) is 1.47. The molecule has 1 aromatic carbocycles. The Balaban J connectivity index is 2.22. The number of nitrogen functional groups attached to an aromatic ring is 1. The first-order valence-corrected chi connectivity index (χ1v) is 7.29. The largest absolute Gasteiger partial charge is 0.398 e. The third-order valence-corrected chi connectivity index (χ3v) is 4.40. The summed E-state index contributed by atoms with van der Waals surface area (Å²) in [5.74, 6) is 0.0400. The van der Waals surface area contributed by atoms with Gasteiger partial charge in [0, 0.05) is 27.0 Å². The van der Waals surface area contributed by atoms with Crippen molar-refractivity contribution in [1.82, 2.24) is 0 Å². The summed E-state index contributed by atoms with van der Waals surface area (Å²) >= 11 is 8.28. The number of rotatable bonds is 3. The predicted molar refractivity (Wildman–Crippen MR) is 78.6 cm³/mol. The molecule has 0 saturated heterocycles. The van der Waals surface area contributed by atoms with Crippen LogP contribution < -0.4 is 5.73 Å². The highest BCUT2D eigenvalue weighted by Gasteiger charge is 2.12. The number of hydrogen-bond donors (Lipinski definition) is 1. The zero-order chi connectivity index (χ0) is 12.4. The summed E-state index contributed by atoms with van der Waals surface area (Å²) in [6.07, 6.45) is 0.386. The molecule has 0 aliphatic heterocycles. The van der Waals surface area contributed by atoms with Crippen LogP contribution in [-0.4, -0.2) is 5.78 Å². The third kappa shape index (κ3) is 3.18. The first-order chi connectivity index (χ1) is 8.06. The molecule has 2 rings (SSSR count). The maximum Gasteiger partial charge on any atom is 0.170 e. The molecule has 0 bridgehead atoms. The molecular formula is C12H9Br2NOS. The van der Waals surface area contributed by atoms with Crippen LogP contribution in [0.5, 0.6) is 0 Å². The molecule has 0 unspecified atom stereocenters. The average Bonchev–Trinajstić information content (AvgIpc) is 2.67. The number of carbonyl (C=O) groups is 1. The van der Waals surface area contributed by atoms with Gasteiger partial charge in [-0.3, -0.25) is 4.79 Å². The fraction of sp³-hybridized carbons (Fsp3) is 0.0833.